The second-order valence-corrected chi connectivity index (χ2v) is 7.45. The van der Waals surface area contributed by atoms with Crippen molar-refractivity contribution in [1.82, 2.24) is 0 Å². The van der Waals surface area contributed by atoms with E-state index >= 15 is 0 Å². The number of halogens is 1. The largest absolute Gasteiger partial charge is 0.375 e. The predicted octanol–water partition coefficient (Wildman–Crippen LogP) is 4.25. The lowest BCUT2D eigenvalue weighted by molar-refractivity contribution is -0.0962. The van der Waals surface area contributed by atoms with E-state index in [0.717, 1.165) is 19.4 Å². The third-order valence-electron chi connectivity index (χ3n) is 4.50. The highest BCUT2D eigenvalue weighted by molar-refractivity contribution is 9.10. The minimum atomic E-state index is 0.167. The maximum atomic E-state index is 6.49. The van der Waals surface area contributed by atoms with E-state index in [1.807, 2.05) is 0 Å². The lowest BCUT2D eigenvalue weighted by Gasteiger charge is -2.40. The first-order valence-electron chi connectivity index (χ1n) is 6.83. The van der Waals surface area contributed by atoms with E-state index in [9.17, 15) is 0 Å². The van der Waals surface area contributed by atoms with Crippen molar-refractivity contribution in [2.45, 2.75) is 50.2 Å². The molecule has 2 fully saturated rings. The van der Waals surface area contributed by atoms with Crippen LogP contribution >= 0.6 is 27.3 Å². The van der Waals surface area contributed by atoms with Crippen molar-refractivity contribution >= 4 is 27.3 Å². The van der Waals surface area contributed by atoms with Crippen LogP contribution in [-0.4, -0.2) is 12.2 Å². The van der Waals surface area contributed by atoms with Gasteiger partial charge in [0, 0.05) is 22.0 Å². The summed E-state index contributed by atoms with van der Waals surface area (Å²) in [6, 6.07) is 2.27. The molecule has 2 atom stereocenters. The predicted molar refractivity (Wildman–Crippen MR) is 78.8 cm³/mol. The molecular weight excluding hydrogens is 310 g/mol. The van der Waals surface area contributed by atoms with Gasteiger partial charge in [0.25, 0.3) is 0 Å². The first kappa shape index (κ1) is 13.1. The molecule has 1 aliphatic carbocycles. The van der Waals surface area contributed by atoms with Gasteiger partial charge in [-0.2, -0.15) is 0 Å². The van der Waals surface area contributed by atoms with Crippen molar-refractivity contribution in [2.75, 3.05) is 6.61 Å². The molecule has 1 aromatic heterocycles. The van der Waals surface area contributed by atoms with Crippen LogP contribution in [0.25, 0.3) is 0 Å². The van der Waals surface area contributed by atoms with Crippen LogP contribution in [0.4, 0.5) is 0 Å². The average molecular weight is 330 g/mol. The van der Waals surface area contributed by atoms with Crippen molar-refractivity contribution in [3.8, 4) is 0 Å². The number of rotatable bonds is 2. The van der Waals surface area contributed by atoms with Gasteiger partial charge in [-0.25, -0.2) is 0 Å². The lowest BCUT2D eigenvalue weighted by Crippen LogP contribution is -2.40. The van der Waals surface area contributed by atoms with Gasteiger partial charge in [0.1, 0.15) is 0 Å². The van der Waals surface area contributed by atoms with Crippen LogP contribution < -0.4 is 5.73 Å². The Morgan fingerprint density at radius 3 is 2.89 bits per heavy atom. The smallest absolute Gasteiger partial charge is 0.0686 e. The molecule has 2 unspecified atom stereocenters. The fourth-order valence-corrected chi connectivity index (χ4v) is 5.23. The van der Waals surface area contributed by atoms with Crippen molar-refractivity contribution in [3.63, 3.8) is 0 Å². The molecule has 1 aliphatic heterocycles. The molecular formula is C14H20BrNOS. The second-order valence-electron chi connectivity index (χ2n) is 5.65. The van der Waals surface area contributed by atoms with E-state index in [1.165, 1.54) is 35.0 Å². The Morgan fingerprint density at radius 2 is 2.22 bits per heavy atom. The third kappa shape index (κ3) is 2.40. The summed E-state index contributed by atoms with van der Waals surface area (Å²) in [4.78, 5) is 1.30. The van der Waals surface area contributed by atoms with Gasteiger partial charge in [0.05, 0.1) is 5.60 Å². The van der Waals surface area contributed by atoms with E-state index < -0.39 is 0 Å². The number of ether oxygens (including phenoxy) is 1. The molecule has 1 aromatic rings. The molecule has 2 nitrogen and oxygen atoms in total. The Hall–Kier alpha value is 0.1000. The van der Waals surface area contributed by atoms with E-state index in [2.05, 4.69) is 27.4 Å². The van der Waals surface area contributed by atoms with E-state index in [-0.39, 0.29) is 11.6 Å². The van der Waals surface area contributed by atoms with Crippen LogP contribution in [0.3, 0.4) is 0 Å². The summed E-state index contributed by atoms with van der Waals surface area (Å²) in [5.41, 5.74) is 6.66. The molecule has 4 heteroatoms. The molecule has 1 saturated heterocycles. The van der Waals surface area contributed by atoms with Gasteiger partial charge in [-0.3, -0.25) is 0 Å². The highest BCUT2D eigenvalue weighted by Crippen LogP contribution is 2.46. The molecule has 2 aliphatic rings. The van der Waals surface area contributed by atoms with Crippen LogP contribution in [0.1, 0.15) is 49.4 Å². The molecule has 2 heterocycles. The summed E-state index contributed by atoms with van der Waals surface area (Å²) in [5.74, 6) is 0.576. The molecule has 1 spiro atoms. The van der Waals surface area contributed by atoms with Crippen LogP contribution in [0.2, 0.25) is 0 Å². The zero-order valence-electron chi connectivity index (χ0n) is 10.5. The number of nitrogens with two attached hydrogens (primary N) is 1. The second kappa shape index (κ2) is 5.23. The van der Waals surface area contributed by atoms with Gasteiger partial charge in [-0.15, -0.1) is 11.3 Å². The van der Waals surface area contributed by atoms with Crippen LogP contribution in [0, 0.1) is 5.92 Å². The van der Waals surface area contributed by atoms with Crippen molar-refractivity contribution in [1.29, 1.82) is 0 Å². The topological polar surface area (TPSA) is 35.2 Å². The first-order valence-corrected chi connectivity index (χ1v) is 8.50. The first-order chi connectivity index (χ1) is 8.70. The molecule has 0 aromatic carbocycles. The zero-order valence-corrected chi connectivity index (χ0v) is 12.9. The number of hydrogen-bond acceptors (Lipinski definition) is 3. The SMILES string of the molecule is NC(c1sccc1Br)C1CCOC2(CCCC2)C1. The quantitative estimate of drug-likeness (QED) is 0.880. The Labute approximate surface area is 121 Å². The maximum absolute atomic E-state index is 6.49. The van der Waals surface area contributed by atoms with E-state index in [1.54, 1.807) is 11.3 Å². The minimum absolute atomic E-state index is 0.167. The molecule has 2 N–H and O–H groups in total. The van der Waals surface area contributed by atoms with Gasteiger partial charge in [0.15, 0.2) is 0 Å². The highest BCUT2D eigenvalue weighted by atomic mass is 79.9. The van der Waals surface area contributed by atoms with Crippen molar-refractivity contribution in [2.24, 2.45) is 11.7 Å². The number of hydrogen-bond donors (Lipinski definition) is 1. The monoisotopic (exact) mass is 329 g/mol. The Balaban J connectivity index is 1.74. The summed E-state index contributed by atoms with van der Waals surface area (Å²) in [7, 11) is 0. The third-order valence-corrected chi connectivity index (χ3v) is 6.47. The fraction of sp³-hybridized carbons (Fsp3) is 0.714. The maximum Gasteiger partial charge on any atom is 0.0686 e. The molecule has 3 rings (SSSR count). The van der Waals surface area contributed by atoms with Crippen LogP contribution in [0.5, 0.6) is 0 Å². The zero-order chi connectivity index (χ0) is 12.6. The molecule has 18 heavy (non-hydrogen) atoms. The van der Waals surface area contributed by atoms with Crippen LogP contribution in [-0.2, 0) is 4.74 Å². The molecule has 0 amide bonds. The Kier molecular flexibility index (Phi) is 3.81. The summed E-state index contributed by atoms with van der Waals surface area (Å²) >= 11 is 5.38. The van der Waals surface area contributed by atoms with E-state index in [4.69, 9.17) is 10.5 Å². The minimum Gasteiger partial charge on any atom is -0.375 e. The molecule has 100 valence electrons. The standard InChI is InChI=1S/C14H20BrNOS/c15-11-4-8-18-13(11)12(16)10-3-7-17-14(9-10)5-1-2-6-14/h4,8,10,12H,1-3,5-7,9,16H2. The Bertz CT molecular complexity index is 414. The summed E-state index contributed by atoms with van der Waals surface area (Å²) < 4.78 is 7.26. The highest BCUT2D eigenvalue weighted by Gasteiger charge is 2.41. The van der Waals surface area contributed by atoms with Crippen molar-refractivity contribution in [3.05, 3.63) is 20.8 Å². The summed E-state index contributed by atoms with van der Waals surface area (Å²) in [6.45, 7) is 0.890. The fourth-order valence-electron chi connectivity index (χ4n) is 3.50. The van der Waals surface area contributed by atoms with Gasteiger partial charge >= 0.3 is 0 Å². The van der Waals surface area contributed by atoms with Gasteiger partial charge in [-0.05, 0) is 59.0 Å². The van der Waals surface area contributed by atoms with Gasteiger partial charge in [0.2, 0.25) is 0 Å². The lowest BCUT2D eigenvalue weighted by atomic mass is 9.80. The van der Waals surface area contributed by atoms with Crippen molar-refractivity contribution < 1.29 is 4.74 Å². The number of thiophene rings is 1. The summed E-state index contributed by atoms with van der Waals surface area (Å²) in [6.07, 6.45) is 7.38. The van der Waals surface area contributed by atoms with E-state index in [0.29, 0.717) is 5.92 Å². The van der Waals surface area contributed by atoms with Gasteiger partial charge < -0.3 is 10.5 Å². The molecule has 1 saturated carbocycles. The van der Waals surface area contributed by atoms with Gasteiger partial charge in [-0.1, -0.05) is 12.8 Å². The Morgan fingerprint density at radius 1 is 1.44 bits per heavy atom. The van der Waals surface area contributed by atoms with Crippen LogP contribution in [0.15, 0.2) is 15.9 Å². The molecule has 0 bridgehead atoms. The normalized spacial score (nSPS) is 28.7. The summed E-state index contributed by atoms with van der Waals surface area (Å²) in [5, 5.41) is 2.12. The molecule has 0 radical (unpaired) electrons. The average Bonchev–Trinajstić information content (AvgIpc) is 2.98.